The molecule has 0 amide bonds. The van der Waals surface area contributed by atoms with Crippen molar-refractivity contribution in [1.29, 1.82) is 0 Å². The second kappa shape index (κ2) is 7.79. The van der Waals surface area contributed by atoms with Crippen LogP contribution >= 0.6 is 0 Å². The summed E-state index contributed by atoms with van der Waals surface area (Å²) in [5, 5.41) is 12.7. The first-order valence-corrected chi connectivity index (χ1v) is 8.15. The molecule has 1 fully saturated rings. The fraction of sp³-hybridized carbons (Fsp3) is 0.706. The van der Waals surface area contributed by atoms with Gasteiger partial charge < -0.3 is 14.6 Å². The van der Waals surface area contributed by atoms with Crippen molar-refractivity contribution < 1.29 is 19.4 Å². The van der Waals surface area contributed by atoms with E-state index in [9.17, 15) is 9.90 Å². The summed E-state index contributed by atoms with van der Waals surface area (Å²) in [5.41, 5.74) is -0.343. The maximum Gasteiger partial charge on any atom is 0.322 e. The number of aliphatic hydroxyl groups is 1. The largest absolute Gasteiger partial charge is 0.508 e. The zero-order valence-corrected chi connectivity index (χ0v) is 13.5. The number of carbonyl (C=O) groups excluding carboxylic acids is 1. The normalized spacial score (nSPS) is 28.1. The molecule has 22 heavy (non-hydrogen) atoms. The lowest BCUT2D eigenvalue weighted by molar-refractivity contribution is -0.144. The summed E-state index contributed by atoms with van der Waals surface area (Å²) in [6.07, 6.45) is 11.2. The predicted molar refractivity (Wildman–Crippen MR) is 84.3 cm³/mol. The van der Waals surface area contributed by atoms with Gasteiger partial charge in [-0.3, -0.25) is 10.1 Å². The van der Waals surface area contributed by atoms with Crippen molar-refractivity contribution in [1.82, 2.24) is 5.32 Å². The Morgan fingerprint density at radius 3 is 2.91 bits per heavy atom. The van der Waals surface area contributed by atoms with Crippen molar-refractivity contribution in [2.45, 2.75) is 57.2 Å². The van der Waals surface area contributed by atoms with Crippen LogP contribution in [-0.2, 0) is 14.3 Å². The molecule has 124 valence electrons. The van der Waals surface area contributed by atoms with Crippen LogP contribution in [0.5, 0.6) is 0 Å². The number of hydrogen-bond acceptors (Lipinski definition) is 5. The SMILES string of the molecule is CCCCCC1(NC(CC2C=CC(O)=CC2)C(=O)OC)CO1. The second-order valence-corrected chi connectivity index (χ2v) is 6.18. The molecule has 3 unspecified atom stereocenters. The van der Waals surface area contributed by atoms with Gasteiger partial charge in [0.1, 0.15) is 17.5 Å². The van der Waals surface area contributed by atoms with Gasteiger partial charge in [-0.2, -0.15) is 0 Å². The molecule has 3 atom stereocenters. The number of hydrogen-bond donors (Lipinski definition) is 2. The van der Waals surface area contributed by atoms with Crippen LogP contribution in [0.25, 0.3) is 0 Å². The van der Waals surface area contributed by atoms with E-state index in [-0.39, 0.29) is 23.7 Å². The number of epoxide rings is 1. The number of carbonyl (C=O) groups is 1. The van der Waals surface area contributed by atoms with Crippen molar-refractivity contribution >= 4 is 5.97 Å². The summed E-state index contributed by atoms with van der Waals surface area (Å²) in [4.78, 5) is 12.1. The molecule has 1 saturated heterocycles. The zero-order valence-electron chi connectivity index (χ0n) is 13.5. The number of unbranched alkanes of at least 4 members (excludes halogenated alkanes) is 2. The molecule has 0 aromatic rings. The maximum atomic E-state index is 12.1. The summed E-state index contributed by atoms with van der Waals surface area (Å²) in [6.45, 7) is 2.83. The van der Waals surface area contributed by atoms with E-state index in [1.54, 1.807) is 12.2 Å². The highest BCUT2D eigenvalue weighted by molar-refractivity contribution is 5.75. The van der Waals surface area contributed by atoms with Crippen LogP contribution in [0.3, 0.4) is 0 Å². The van der Waals surface area contributed by atoms with Crippen molar-refractivity contribution in [2.24, 2.45) is 5.92 Å². The zero-order chi connectivity index (χ0) is 16.0. The van der Waals surface area contributed by atoms with E-state index in [0.29, 0.717) is 18.8 Å². The van der Waals surface area contributed by atoms with E-state index >= 15 is 0 Å². The van der Waals surface area contributed by atoms with Crippen LogP contribution in [0, 0.1) is 5.92 Å². The Bertz CT molecular complexity index is 440. The minimum Gasteiger partial charge on any atom is -0.508 e. The molecule has 2 N–H and O–H groups in total. The van der Waals surface area contributed by atoms with Crippen LogP contribution in [0.4, 0.5) is 0 Å². The highest BCUT2D eigenvalue weighted by Gasteiger charge is 2.46. The van der Waals surface area contributed by atoms with Gasteiger partial charge >= 0.3 is 5.97 Å². The van der Waals surface area contributed by atoms with Crippen molar-refractivity contribution in [3.63, 3.8) is 0 Å². The number of allylic oxidation sites excluding steroid dienone is 3. The van der Waals surface area contributed by atoms with E-state index in [1.807, 2.05) is 6.08 Å². The summed E-state index contributed by atoms with van der Waals surface area (Å²) in [5.74, 6) is 0.261. The van der Waals surface area contributed by atoms with E-state index in [0.717, 1.165) is 19.3 Å². The lowest BCUT2D eigenvalue weighted by Crippen LogP contribution is -2.47. The van der Waals surface area contributed by atoms with E-state index in [1.165, 1.54) is 20.0 Å². The Morgan fingerprint density at radius 1 is 1.59 bits per heavy atom. The third-order valence-corrected chi connectivity index (χ3v) is 4.31. The van der Waals surface area contributed by atoms with Gasteiger partial charge in [0.15, 0.2) is 0 Å². The molecule has 1 heterocycles. The number of ether oxygens (including phenoxy) is 2. The molecule has 5 nitrogen and oxygen atoms in total. The summed E-state index contributed by atoms with van der Waals surface area (Å²) >= 11 is 0. The number of aliphatic hydroxyl groups excluding tert-OH is 1. The highest BCUT2D eigenvalue weighted by atomic mass is 16.6. The van der Waals surface area contributed by atoms with Crippen molar-refractivity contribution in [2.75, 3.05) is 13.7 Å². The molecule has 2 rings (SSSR count). The monoisotopic (exact) mass is 309 g/mol. The fourth-order valence-corrected chi connectivity index (χ4v) is 2.85. The van der Waals surface area contributed by atoms with Crippen LogP contribution in [0.1, 0.15) is 45.4 Å². The topological polar surface area (TPSA) is 71.1 Å². The van der Waals surface area contributed by atoms with Gasteiger partial charge in [-0.1, -0.05) is 25.8 Å². The summed E-state index contributed by atoms with van der Waals surface area (Å²) in [6, 6.07) is -0.377. The fourth-order valence-electron chi connectivity index (χ4n) is 2.85. The van der Waals surface area contributed by atoms with Crippen LogP contribution in [0.15, 0.2) is 24.0 Å². The first kappa shape index (κ1) is 17.0. The lowest BCUT2D eigenvalue weighted by Gasteiger charge is -2.25. The molecule has 0 bridgehead atoms. The maximum absolute atomic E-state index is 12.1. The van der Waals surface area contributed by atoms with E-state index in [2.05, 4.69) is 12.2 Å². The molecule has 0 radical (unpaired) electrons. The Labute approximate surface area is 132 Å². The molecule has 1 aliphatic heterocycles. The first-order chi connectivity index (χ1) is 10.6. The molecular weight excluding hydrogens is 282 g/mol. The van der Waals surface area contributed by atoms with Gasteiger partial charge in [-0.25, -0.2) is 0 Å². The number of esters is 1. The van der Waals surface area contributed by atoms with E-state index in [4.69, 9.17) is 9.47 Å². The second-order valence-electron chi connectivity index (χ2n) is 6.18. The molecule has 0 aromatic carbocycles. The Kier molecular flexibility index (Phi) is 6.03. The van der Waals surface area contributed by atoms with Gasteiger partial charge in [0.05, 0.1) is 13.7 Å². The van der Waals surface area contributed by atoms with Crippen molar-refractivity contribution in [3.8, 4) is 0 Å². The molecule has 1 aliphatic carbocycles. The molecule has 5 heteroatoms. The number of nitrogens with one attached hydrogen (secondary N) is 1. The van der Waals surface area contributed by atoms with Gasteiger partial charge in [0.2, 0.25) is 0 Å². The highest BCUT2D eigenvalue weighted by Crippen LogP contribution is 2.32. The van der Waals surface area contributed by atoms with Gasteiger partial charge in [0, 0.05) is 0 Å². The van der Waals surface area contributed by atoms with Crippen molar-refractivity contribution in [3.05, 3.63) is 24.0 Å². The van der Waals surface area contributed by atoms with Crippen LogP contribution in [-0.4, -0.2) is 36.6 Å². The minimum atomic E-state index is -0.377. The third kappa shape index (κ3) is 4.85. The molecule has 2 aliphatic rings. The van der Waals surface area contributed by atoms with Gasteiger partial charge in [0.25, 0.3) is 0 Å². The molecule has 0 spiro atoms. The molecule has 0 aromatic heterocycles. The Balaban J connectivity index is 1.90. The first-order valence-electron chi connectivity index (χ1n) is 8.15. The number of methoxy groups -OCH3 is 1. The molecule has 0 saturated carbocycles. The average molecular weight is 309 g/mol. The number of rotatable bonds is 9. The molecular formula is C17H27NO4. The van der Waals surface area contributed by atoms with Crippen LogP contribution in [0.2, 0.25) is 0 Å². The summed E-state index contributed by atoms with van der Waals surface area (Å²) < 4.78 is 10.5. The average Bonchev–Trinajstić information content (AvgIpc) is 3.28. The minimum absolute atomic E-state index is 0.221. The Hall–Kier alpha value is -1.33. The van der Waals surface area contributed by atoms with Crippen LogP contribution < -0.4 is 5.32 Å². The van der Waals surface area contributed by atoms with E-state index < -0.39 is 0 Å². The standard InChI is InChI=1S/C17H27NO4/c1-3-4-5-10-17(12-22-17)18-15(16(20)21-2)11-13-6-8-14(19)9-7-13/h6,8-9,13,15,18-19H,3-5,7,10-12H2,1-2H3. The quantitative estimate of drug-likeness (QED) is 0.389. The van der Waals surface area contributed by atoms with Gasteiger partial charge in [-0.15, -0.1) is 0 Å². The smallest absolute Gasteiger partial charge is 0.322 e. The van der Waals surface area contributed by atoms with Gasteiger partial charge in [-0.05, 0) is 43.8 Å². The Morgan fingerprint density at radius 2 is 2.36 bits per heavy atom. The third-order valence-electron chi connectivity index (χ3n) is 4.31. The lowest BCUT2D eigenvalue weighted by atomic mass is 9.92. The summed E-state index contributed by atoms with van der Waals surface area (Å²) in [7, 11) is 1.41. The predicted octanol–water partition coefficient (Wildman–Crippen LogP) is 2.83.